The van der Waals surface area contributed by atoms with Crippen LogP contribution < -0.4 is 5.32 Å². The van der Waals surface area contributed by atoms with Crippen LogP contribution in [0.1, 0.15) is 6.92 Å². The molecule has 1 amide bonds. The van der Waals surface area contributed by atoms with Gasteiger partial charge in [-0.2, -0.15) is 0 Å². The smallest absolute Gasteiger partial charge is 0.239 e. The van der Waals surface area contributed by atoms with Gasteiger partial charge in [-0.1, -0.05) is 0 Å². The molecule has 0 radical (unpaired) electrons. The maximum atomic E-state index is 11.6. The van der Waals surface area contributed by atoms with E-state index in [0.29, 0.717) is 12.4 Å². The van der Waals surface area contributed by atoms with E-state index in [4.69, 9.17) is 5.11 Å². The van der Waals surface area contributed by atoms with Gasteiger partial charge in [0.2, 0.25) is 5.91 Å². The number of likely N-dealkylation sites (N-methyl/N-ethyl adjacent to an activating group) is 1. The molecular weight excluding hydrogens is 286 g/mol. The van der Waals surface area contributed by atoms with Crippen molar-refractivity contribution in [1.82, 2.24) is 9.88 Å². The van der Waals surface area contributed by atoms with Crippen molar-refractivity contribution in [1.29, 1.82) is 0 Å². The fourth-order valence-electron chi connectivity index (χ4n) is 1.39. The van der Waals surface area contributed by atoms with E-state index in [2.05, 4.69) is 26.2 Å². The van der Waals surface area contributed by atoms with Crippen LogP contribution in [-0.4, -0.2) is 47.1 Å². The topological polar surface area (TPSA) is 65.5 Å². The molecule has 1 aromatic heterocycles. The summed E-state index contributed by atoms with van der Waals surface area (Å²) in [6, 6.07) is 3.53. The first kappa shape index (κ1) is 14.1. The monoisotopic (exact) mass is 301 g/mol. The molecule has 0 saturated heterocycles. The number of pyridine rings is 1. The Morgan fingerprint density at radius 2 is 2.35 bits per heavy atom. The van der Waals surface area contributed by atoms with Crippen LogP contribution in [0.15, 0.2) is 22.8 Å². The summed E-state index contributed by atoms with van der Waals surface area (Å²) in [4.78, 5) is 17.4. The van der Waals surface area contributed by atoms with E-state index in [1.165, 1.54) is 0 Å². The van der Waals surface area contributed by atoms with Crippen molar-refractivity contribution >= 4 is 27.7 Å². The number of aromatic nitrogens is 1. The standard InChI is InChI=1S/C11H16BrN3O2/c1-8(16)6-15(2)7-11(17)14-10-4-3-9(12)5-13-10/h3-5,8,16H,6-7H2,1-2H3,(H,13,14,17). The summed E-state index contributed by atoms with van der Waals surface area (Å²) >= 11 is 3.27. The quantitative estimate of drug-likeness (QED) is 0.855. The van der Waals surface area contributed by atoms with Crippen LogP contribution in [0.3, 0.4) is 0 Å². The Bertz CT molecular complexity index is 367. The van der Waals surface area contributed by atoms with Crippen molar-refractivity contribution in [2.75, 3.05) is 25.5 Å². The average molecular weight is 302 g/mol. The number of nitrogens with one attached hydrogen (secondary N) is 1. The third kappa shape index (κ3) is 5.76. The number of aliphatic hydroxyl groups excluding tert-OH is 1. The number of carbonyl (C=O) groups excluding carboxylic acids is 1. The Hall–Kier alpha value is -0.980. The van der Waals surface area contributed by atoms with Gasteiger partial charge in [-0.05, 0) is 42.0 Å². The van der Waals surface area contributed by atoms with E-state index in [-0.39, 0.29) is 12.5 Å². The molecule has 5 nitrogen and oxygen atoms in total. The van der Waals surface area contributed by atoms with E-state index in [1.807, 2.05) is 6.07 Å². The molecule has 0 spiro atoms. The lowest BCUT2D eigenvalue weighted by Crippen LogP contribution is -2.34. The van der Waals surface area contributed by atoms with Crippen molar-refractivity contribution in [3.63, 3.8) is 0 Å². The molecular formula is C11H16BrN3O2. The van der Waals surface area contributed by atoms with Gasteiger partial charge in [0, 0.05) is 17.2 Å². The van der Waals surface area contributed by atoms with Crippen molar-refractivity contribution < 1.29 is 9.90 Å². The average Bonchev–Trinajstić information content (AvgIpc) is 2.19. The van der Waals surface area contributed by atoms with Crippen molar-refractivity contribution in [2.45, 2.75) is 13.0 Å². The van der Waals surface area contributed by atoms with Crippen molar-refractivity contribution in [2.24, 2.45) is 0 Å². The fraction of sp³-hybridized carbons (Fsp3) is 0.455. The van der Waals surface area contributed by atoms with Crippen molar-refractivity contribution in [3.05, 3.63) is 22.8 Å². The van der Waals surface area contributed by atoms with E-state index in [9.17, 15) is 4.79 Å². The molecule has 0 aliphatic rings. The van der Waals surface area contributed by atoms with Crippen LogP contribution in [-0.2, 0) is 4.79 Å². The van der Waals surface area contributed by atoms with Gasteiger partial charge in [-0.25, -0.2) is 4.98 Å². The molecule has 2 N–H and O–H groups in total. The zero-order chi connectivity index (χ0) is 12.8. The lowest BCUT2D eigenvalue weighted by molar-refractivity contribution is -0.117. The van der Waals surface area contributed by atoms with E-state index < -0.39 is 6.10 Å². The third-order valence-corrected chi connectivity index (χ3v) is 2.45. The highest BCUT2D eigenvalue weighted by atomic mass is 79.9. The highest BCUT2D eigenvalue weighted by Gasteiger charge is 2.09. The summed E-state index contributed by atoms with van der Waals surface area (Å²) in [6.07, 6.45) is 1.17. The number of rotatable bonds is 5. The Labute approximate surface area is 109 Å². The number of halogens is 1. The van der Waals surface area contributed by atoms with Crippen LogP contribution >= 0.6 is 15.9 Å². The minimum Gasteiger partial charge on any atom is -0.392 e. The van der Waals surface area contributed by atoms with Crippen LogP contribution in [0, 0.1) is 0 Å². The lowest BCUT2D eigenvalue weighted by Gasteiger charge is -2.17. The maximum absolute atomic E-state index is 11.6. The number of carbonyl (C=O) groups is 1. The van der Waals surface area contributed by atoms with Gasteiger partial charge < -0.3 is 10.4 Å². The molecule has 0 bridgehead atoms. The predicted octanol–water partition coefficient (Wildman–Crippen LogP) is 1.10. The highest BCUT2D eigenvalue weighted by molar-refractivity contribution is 9.10. The highest BCUT2D eigenvalue weighted by Crippen LogP contribution is 2.10. The molecule has 1 atom stereocenters. The summed E-state index contributed by atoms with van der Waals surface area (Å²) in [5.41, 5.74) is 0. The molecule has 0 saturated carbocycles. The molecule has 94 valence electrons. The Morgan fingerprint density at radius 3 is 2.88 bits per heavy atom. The first-order valence-electron chi connectivity index (χ1n) is 5.25. The number of nitrogens with zero attached hydrogens (tertiary/aromatic N) is 2. The Balaban J connectivity index is 2.41. The molecule has 6 heteroatoms. The molecule has 0 aliphatic carbocycles. The fourth-order valence-corrected chi connectivity index (χ4v) is 1.63. The summed E-state index contributed by atoms with van der Waals surface area (Å²) in [5.74, 6) is 0.367. The maximum Gasteiger partial charge on any atom is 0.239 e. The summed E-state index contributed by atoms with van der Waals surface area (Å²) in [7, 11) is 1.78. The van der Waals surface area contributed by atoms with Gasteiger partial charge in [0.05, 0.1) is 12.6 Å². The van der Waals surface area contributed by atoms with Crippen LogP contribution in [0.25, 0.3) is 0 Å². The molecule has 1 rings (SSSR count). The number of hydrogen-bond acceptors (Lipinski definition) is 4. The second-order valence-electron chi connectivity index (χ2n) is 3.96. The molecule has 17 heavy (non-hydrogen) atoms. The van der Waals surface area contributed by atoms with Crippen molar-refractivity contribution in [3.8, 4) is 0 Å². The molecule has 0 aromatic carbocycles. The van der Waals surface area contributed by atoms with Crippen LogP contribution in [0.4, 0.5) is 5.82 Å². The molecule has 1 aromatic rings. The number of anilines is 1. The minimum absolute atomic E-state index is 0.150. The lowest BCUT2D eigenvalue weighted by atomic mass is 10.3. The van der Waals surface area contributed by atoms with Gasteiger partial charge >= 0.3 is 0 Å². The zero-order valence-electron chi connectivity index (χ0n) is 9.85. The zero-order valence-corrected chi connectivity index (χ0v) is 11.4. The normalized spacial score (nSPS) is 12.5. The van der Waals surface area contributed by atoms with Gasteiger partial charge in [0.1, 0.15) is 5.82 Å². The van der Waals surface area contributed by atoms with Gasteiger partial charge in [-0.3, -0.25) is 9.69 Å². The predicted molar refractivity (Wildman–Crippen MR) is 69.7 cm³/mol. The summed E-state index contributed by atoms with van der Waals surface area (Å²) in [6.45, 7) is 2.37. The van der Waals surface area contributed by atoms with Gasteiger partial charge in [0.25, 0.3) is 0 Å². The minimum atomic E-state index is -0.446. The second-order valence-corrected chi connectivity index (χ2v) is 4.87. The number of hydrogen-bond donors (Lipinski definition) is 2. The third-order valence-electron chi connectivity index (χ3n) is 1.98. The first-order chi connectivity index (χ1) is 7.97. The summed E-state index contributed by atoms with van der Waals surface area (Å²) < 4.78 is 0.863. The molecule has 1 heterocycles. The van der Waals surface area contributed by atoms with Gasteiger partial charge in [0.15, 0.2) is 0 Å². The first-order valence-corrected chi connectivity index (χ1v) is 6.04. The van der Waals surface area contributed by atoms with E-state index in [0.717, 1.165) is 4.47 Å². The molecule has 0 aliphatic heterocycles. The van der Waals surface area contributed by atoms with Gasteiger partial charge in [-0.15, -0.1) is 0 Å². The Morgan fingerprint density at radius 1 is 1.65 bits per heavy atom. The molecule has 1 unspecified atom stereocenters. The largest absolute Gasteiger partial charge is 0.392 e. The van der Waals surface area contributed by atoms with Crippen LogP contribution in [0.5, 0.6) is 0 Å². The van der Waals surface area contributed by atoms with E-state index in [1.54, 1.807) is 31.1 Å². The van der Waals surface area contributed by atoms with Crippen LogP contribution in [0.2, 0.25) is 0 Å². The SMILES string of the molecule is CC(O)CN(C)CC(=O)Nc1ccc(Br)cn1. The number of amides is 1. The Kier molecular flexibility index (Phi) is 5.54. The van der Waals surface area contributed by atoms with E-state index >= 15 is 0 Å². The molecule has 0 fully saturated rings. The number of aliphatic hydroxyl groups is 1. The summed E-state index contributed by atoms with van der Waals surface area (Å²) in [5, 5.41) is 11.8. The second kappa shape index (κ2) is 6.68.